The van der Waals surface area contributed by atoms with Gasteiger partial charge in [-0.1, -0.05) is 42.5 Å². The van der Waals surface area contributed by atoms with Gasteiger partial charge in [-0.15, -0.1) is 0 Å². The minimum absolute atomic E-state index is 0.418. The van der Waals surface area contributed by atoms with Crippen LogP contribution in [0.2, 0.25) is 0 Å². The Hall–Kier alpha value is -2.85. The molecule has 0 saturated heterocycles. The summed E-state index contributed by atoms with van der Waals surface area (Å²) in [5, 5.41) is 3.32. The number of nitrogen functional groups attached to an aromatic ring is 1. The van der Waals surface area contributed by atoms with E-state index in [4.69, 9.17) is 11.5 Å². The van der Waals surface area contributed by atoms with Crippen LogP contribution in [0.25, 0.3) is 0 Å². The van der Waals surface area contributed by atoms with Crippen molar-refractivity contribution in [1.29, 1.82) is 0 Å². The first kappa shape index (κ1) is 15.1. The van der Waals surface area contributed by atoms with Crippen molar-refractivity contribution in [2.24, 2.45) is 5.73 Å². The fourth-order valence-corrected chi connectivity index (χ4v) is 2.52. The summed E-state index contributed by atoms with van der Waals surface area (Å²) in [6.07, 6.45) is 2.59. The highest BCUT2D eigenvalue weighted by molar-refractivity contribution is 5.73. The summed E-state index contributed by atoms with van der Waals surface area (Å²) in [7, 11) is 0. The van der Waals surface area contributed by atoms with Gasteiger partial charge < -0.3 is 16.8 Å². The van der Waals surface area contributed by atoms with Crippen molar-refractivity contribution >= 4 is 17.2 Å². The van der Waals surface area contributed by atoms with Gasteiger partial charge in [0.25, 0.3) is 0 Å². The van der Waals surface area contributed by atoms with Gasteiger partial charge in [0.1, 0.15) is 5.82 Å². The average Bonchev–Trinajstić information content (AvgIpc) is 2.59. The number of nitrogens with one attached hydrogen (secondary N) is 1. The number of hydrogen-bond acceptors (Lipinski definition) is 4. The van der Waals surface area contributed by atoms with Gasteiger partial charge in [-0.3, -0.25) is 0 Å². The van der Waals surface area contributed by atoms with Crippen LogP contribution in [0.3, 0.4) is 0 Å². The highest BCUT2D eigenvalue weighted by Gasteiger charge is 2.06. The minimum Gasteiger partial charge on any atom is -0.382 e. The molecule has 0 fully saturated rings. The second-order valence-electron chi connectivity index (χ2n) is 5.42. The molecule has 23 heavy (non-hydrogen) atoms. The molecule has 0 spiro atoms. The van der Waals surface area contributed by atoms with Gasteiger partial charge in [-0.25, -0.2) is 4.98 Å². The third-order valence-electron chi connectivity index (χ3n) is 3.76. The van der Waals surface area contributed by atoms with Crippen molar-refractivity contribution in [3.8, 4) is 0 Å². The number of hydrogen-bond donors (Lipinski definition) is 3. The first-order chi connectivity index (χ1) is 11.3. The third kappa shape index (κ3) is 3.67. The second-order valence-corrected chi connectivity index (χ2v) is 5.42. The number of nitrogens with two attached hydrogens (primary N) is 2. The van der Waals surface area contributed by atoms with E-state index in [1.165, 1.54) is 11.1 Å². The molecule has 1 aromatic heterocycles. The van der Waals surface area contributed by atoms with E-state index in [2.05, 4.69) is 46.7 Å². The van der Waals surface area contributed by atoms with Gasteiger partial charge >= 0.3 is 0 Å². The zero-order chi connectivity index (χ0) is 16.1. The predicted molar refractivity (Wildman–Crippen MR) is 95.5 cm³/mol. The molecule has 1 heterocycles. The molecule has 0 aliphatic rings. The number of rotatable bonds is 5. The fraction of sp³-hybridized carbons (Fsp3) is 0.105. The van der Waals surface area contributed by atoms with Crippen LogP contribution >= 0.6 is 0 Å². The first-order valence-electron chi connectivity index (χ1n) is 7.59. The van der Waals surface area contributed by atoms with Crippen molar-refractivity contribution < 1.29 is 0 Å². The lowest BCUT2D eigenvalue weighted by Gasteiger charge is -2.13. The summed E-state index contributed by atoms with van der Waals surface area (Å²) in [5.41, 5.74) is 17.0. The monoisotopic (exact) mass is 304 g/mol. The highest BCUT2D eigenvalue weighted by atomic mass is 15.0. The normalized spacial score (nSPS) is 10.5. The van der Waals surface area contributed by atoms with Crippen molar-refractivity contribution in [2.75, 3.05) is 11.1 Å². The molecule has 0 radical (unpaired) electrons. The zero-order valence-corrected chi connectivity index (χ0v) is 12.9. The van der Waals surface area contributed by atoms with E-state index < -0.39 is 0 Å². The first-order valence-corrected chi connectivity index (χ1v) is 7.59. The standard InChI is InChI=1S/C19H20N4/c20-13-16-10-11-22-19(21)18(16)23-17-8-6-15(7-9-17)12-14-4-2-1-3-5-14/h1-11,23H,12-13,20H2,(H2,21,22). The van der Waals surface area contributed by atoms with E-state index in [9.17, 15) is 0 Å². The van der Waals surface area contributed by atoms with Gasteiger partial charge in [0.05, 0.1) is 5.69 Å². The highest BCUT2D eigenvalue weighted by Crippen LogP contribution is 2.25. The van der Waals surface area contributed by atoms with Crippen molar-refractivity contribution in [1.82, 2.24) is 4.98 Å². The number of pyridine rings is 1. The molecule has 5 N–H and O–H groups in total. The van der Waals surface area contributed by atoms with E-state index in [1.807, 2.05) is 24.3 Å². The zero-order valence-electron chi connectivity index (χ0n) is 12.9. The Labute approximate surface area is 136 Å². The largest absolute Gasteiger partial charge is 0.382 e. The Bertz CT molecular complexity index is 767. The molecular weight excluding hydrogens is 284 g/mol. The Kier molecular flexibility index (Phi) is 4.54. The molecule has 3 rings (SSSR count). The van der Waals surface area contributed by atoms with E-state index in [0.717, 1.165) is 23.4 Å². The predicted octanol–water partition coefficient (Wildman–Crippen LogP) is 3.46. The Morgan fingerprint density at radius 1 is 0.870 bits per heavy atom. The molecule has 4 heteroatoms. The molecule has 3 aromatic rings. The van der Waals surface area contributed by atoms with Crippen LogP contribution in [-0.4, -0.2) is 4.98 Å². The molecule has 0 atom stereocenters. The maximum atomic E-state index is 5.95. The summed E-state index contributed by atoms with van der Waals surface area (Å²) in [6, 6.07) is 20.6. The van der Waals surface area contributed by atoms with Gasteiger partial charge in [0.15, 0.2) is 0 Å². The maximum absolute atomic E-state index is 5.95. The van der Waals surface area contributed by atoms with Crippen LogP contribution in [0.4, 0.5) is 17.2 Å². The number of anilines is 3. The molecule has 2 aromatic carbocycles. The third-order valence-corrected chi connectivity index (χ3v) is 3.76. The fourth-order valence-electron chi connectivity index (χ4n) is 2.52. The molecule has 0 aliphatic heterocycles. The van der Waals surface area contributed by atoms with Gasteiger partial charge in [0, 0.05) is 18.4 Å². The number of nitrogens with zero attached hydrogens (tertiary/aromatic N) is 1. The van der Waals surface area contributed by atoms with Crippen LogP contribution in [0.5, 0.6) is 0 Å². The summed E-state index contributed by atoms with van der Waals surface area (Å²) in [5.74, 6) is 0.460. The molecule has 0 saturated carbocycles. The Morgan fingerprint density at radius 2 is 1.57 bits per heavy atom. The number of aromatic nitrogens is 1. The van der Waals surface area contributed by atoms with Crippen LogP contribution < -0.4 is 16.8 Å². The second kappa shape index (κ2) is 6.94. The lowest BCUT2D eigenvalue weighted by Crippen LogP contribution is -2.06. The van der Waals surface area contributed by atoms with Crippen molar-refractivity contribution in [3.05, 3.63) is 83.6 Å². The number of benzene rings is 2. The van der Waals surface area contributed by atoms with E-state index >= 15 is 0 Å². The van der Waals surface area contributed by atoms with E-state index in [1.54, 1.807) is 6.20 Å². The summed E-state index contributed by atoms with van der Waals surface area (Å²) >= 11 is 0. The molecule has 0 amide bonds. The SMILES string of the molecule is NCc1ccnc(N)c1Nc1ccc(Cc2ccccc2)cc1. The van der Waals surface area contributed by atoms with Gasteiger partial charge in [-0.2, -0.15) is 0 Å². The van der Waals surface area contributed by atoms with Crippen LogP contribution in [0.1, 0.15) is 16.7 Å². The lowest BCUT2D eigenvalue weighted by atomic mass is 10.0. The van der Waals surface area contributed by atoms with E-state index in [0.29, 0.717) is 12.4 Å². The maximum Gasteiger partial charge on any atom is 0.147 e. The molecule has 4 nitrogen and oxygen atoms in total. The quantitative estimate of drug-likeness (QED) is 0.674. The van der Waals surface area contributed by atoms with E-state index in [-0.39, 0.29) is 0 Å². The van der Waals surface area contributed by atoms with Crippen LogP contribution in [0.15, 0.2) is 66.9 Å². The van der Waals surface area contributed by atoms with Gasteiger partial charge in [-0.05, 0) is 41.3 Å². The lowest BCUT2D eigenvalue weighted by molar-refractivity contribution is 1.06. The summed E-state index contributed by atoms with van der Waals surface area (Å²) < 4.78 is 0. The topological polar surface area (TPSA) is 77.0 Å². The van der Waals surface area contributed by atoms with Gasteiger partial charge in [0.2, 0.25) is 0 Å². The van der Waals surface area contributed by atoms with Crippen molar-refractivity contribution in [2.45, 2.75) is 13.0 Å². The summed E-state index contributed by atoms with van der Waals surface area (Å²) in [6.45, 7) is 0.418. The Balaban J connectivity index is 1.76. The summed E-state index contributed by atoms with van der Waals surface area (Å²) in [4.78, 5) is 4.12. The molecule has 116 valence electrons. The van der Waals surface area contributed by atoms with Crippen LogP contribution in [0, 0.1) is 0 Å². The molecular formula is C19H20N4. The smallest absolute Gasteiger partial charge is 0.147 e. The molecule has 0 bridgehead atoms. The Morgan fingerprint density at radius 3 is 2.26 bits per heavy atom. The minimum atomic E-state index is 0.418. The van der Waals surface area contributed by atoms with Crippen molar-refractivity contribution in [3.63, 3.8) is 0 Å². The molecule has 0 unspecified atom stereocenters. The molecule has 0 aliphatic carbocycles. The van der Waals surface area contributed by atoms with Crippen LogP contribution in [-0.2, 0) is 13.0 Å². The average molecular weight is 304 g/mol.